The van der Waals surface area contributed by atoms with Crippen LogP contribution < -0.4 is 0 Å². The molecule has 4 heteroatoms. The summed E-state index contributed by atoms with van der Waals surface area (Å²) in [6.07, 6.45) is 0.889. The Labute approximate surface area is 119 Å². The molecule has 20 heavy (non-hydrogen) atoms. The van der Waals surface area contributed by atoms with Crippen molar-refractivity contribution in [3.63, 3.8) is 0 Å². The molecule has 2 atom stereocenters. The number of benzene rings is 1. The molecule has 1 aromatic heterocycles. The zero-order valence-corrected chi connectivity index (χ0v) is 12.6. The smallest absolute Gasteiger partial charge is 0.232 e. The van der Waals surface area contributed by atoms with Crippen LogP contribution in [0.15, 0.2) is 22.7 Å². The Hall–Kier alpha value is -1.68. The van der Waals surface area contributed by atoms with Crippen molar-refractivity contribution in [3.05, 3.63) is 46.6 Å². The molecule has 2 aromatic rings. The molecule has 0 radical (unpaired) electrons. The number of nitrogens with zero attached hydrogens (tertiary/aromatic N) is 2. The highest BCUT2D eigenvalue weighted by molar-refractivity contribution is 5.31. The molecule has 2 unspecified atom stereocenters. The molecule has 0 bridgehead atoms. The molecule has 0 amide bonds. The van der Waals surface area contributed by atoms with E-state index in [1.807, 2.05) is 13.8 Å². The summed E-state index contributed by atoms with van der Waals surface area (Å²) in [4.78, 5) is 4.39. The van der Waals surface area contributed by atoms with Crippen molar-refractivity contribution >= 4 is 0 Å². The van der Waals surface area contributed by atoms with E-state index in [1.165, 1.54) is 16.7 Å². The second-order valence-corrected chi connectivity index (χ2v) is 5.41. The number of aryl methyl sites for hydroxylation is 2. The van der Waals surface area contributed by atoms with Crippen LogP contribution >= 0.6 is 0 Å². The third kappa shape index (κ3) is 3.25. The fraction of sp³-hybridized carbons (Fsp3) is 0.500. The van der Waals surface area contributed by atoms with Gasteiger partial charge in [-0.05, 0) is 37.0 Å². The molecule has 0 fully saturated rings. The maximum absolute atomic E-state index is 9.82. The molecule has 4 nitrogen and oxygen atoms in total. The highest BCUT2D eigenvalue weighted by atomic mass is 16.5. The average molecular weight is 274 g/mol. The summed E-state index contributed by atoms with van der Waals surface area (Å²) in [6.45, 7) is 8.04. The summed E-state index contributed by atoms with van der Waals surface area (Å²) in [7, 11) is 0. The van der Waals surface area contributed by atoms with E-state index in [9.17, 15) is 5.11 Å². The second kappa shape index (κ2) is 6.18. The number of aliphatic hydroxyl groups is 1. The van der Waals surface area contributed by atoms with E-state index in [0.717, 1.165) is 0 Å². The molecule has 1 heterocycles. The van der Waals surface area contributed by atoms with Gasteiger partial charge in [0.1, 0.15) is 0 Å². The second-order valence-electron chi connectivity index (χ2n) is 5.41. The molecular weight excluding hydrogens is 252 g/mol. The van der Waals surface area contributed by atoms with E-state index in [1.54, 1.807) is 0 Å². The van der Waals surface area contributed by atoms with Gasteiger partial charge >= 0.3 is 0 Å². The fourth-order valence-electron chi connectivity index (χ4n) is 2.14. The van der Waals surface area contributed by atoms with Gasteiger partial charge in [0.2, 0.25) is 5.89 Å². The minimum absolute atomic E-state index is 0.124. The Morgan fingerprint density at radius 2 is 2.00 bits per heavy atom. The summed E-state index contributed by atoms with van der Waals surface area (Å²) < 4.78 is 5.25. The Morgan fingerprint density at radius 1 is 1.25 bits per heavy atom. The third-order valence-corrected chi connectivity index (χ3v) is 3.80. The molecule has 1 aromatic carbocycles. The van der Waals surface area contributed by atoms with Crippen molar-refractivity contribution in [2.24, 2.45) is 0 Å². The minimum Gasteiger partial charge on any atom is -0.392 e. The molecule has 108 valence electrons. The van der Waals surface area contributed by atoms with Crippen LogP contribution in [0, 0.1) is 13.8 Å². The van der Waals surface area contributed by atoms with Gasteiger partial charge in [-0.25, -0.2) is 0 Å². The Morgan fingerprint density at radius 3 is 2.65 bits per heavy atom. The fourth-order valence-corrected chi connectivity index (χ4v) is 2.14. The summed E-state index contributed by atoms with van der Waals surface area (Å²) >= 11 is 0. The summed E-state index contributed by atoms with van der Waals surface area (Å²) in [5.74, 6) is 1.05. The lowest BCUT2D eigenvalue weighted by Crippen LogP contribution is -2.14. The topological polar surface area (TPSA) is 59.2 Å². The van der Waals surface area contributed by atoms with Gasteiger partial charge in [0.25, 0.3) is 0 Å². The van der Waals surface area contributed by atoms with Crippen LogP contribution in [0.2, 0.25) is 0 Å². The first-order valence-corrected chi connectivity index (χ1v) is 7.08. The molecule has 0 saturated heterocycles. The molecular formula is C16H22N2O2. The quantitative estimate of drug-likeness (QED) is 0.910. The normalized spacial score (nSPS) is 14.2. The zero-order chi connectivity index (χ0) is 14.7. The van der Waals surface area contributed by atoms with E-state index in [2.05, 4.69) is 42.2 Å². The Bertz CT molecular complexity index is 578. The standard InChI is InChI=1S/C16H22N2O2/c1-5-14(19)12(4)16-17-15(18-20-16)9-13-7-6-10(2)11(3)8-13/h6-8,12,14,19H,5,9H2,1-4H3. The lowest BCUT2D eigenvalue weighted by atomic mass is 10.0. The van der Waals surface area contributed by atoms with Crippen LogP contribution in [-0.2, 0) is 6.42 Å². The van der Waals surface area contributed by atoms with Gasteiger partial charge in [0.15, 0.2) is 5.82 Å². The zero-order valence-electron chi connectivity index (χ0n) is 12.6. The van der Waals surface area contributed by atoms with E-state index < -0.39 is 6.10 Å². The van der Waals surface area contributed by atoms with Crippen LogP contribution in [-0.4, -0.2) is 21.4 Å². The van der Waals surface area contributed by atoms with Crippen molar-refractivity contribution in [1.29, 1.82) is 0 Å². The lowest BCUT2D eigenvalue weighted by molar-refractivity contribution is 0.129. The number of hydrogen-bond donors (Lipinski definition) is 1. The number of hydrogen-bond acceptors (Lipinski definition) is 4. The van der Waals surface area contributed by atoms with Gasteiger partial charge in [0.05, 0.1) is 12.0 Å². The van der Waals surface area contributed by atoms with Gasteiger partial charge in [-0.2, -0.15) is 4.98 Å². The maximum Gasteiger partial charge on any atom is 0.232 e. The molecule has 0 spiro atoms. The monoisotopic (exact) mass is 274 g/mol. The van der Waals surface area contributed by atoms with E-state index in [-0.39, 0.29) is 5.92 Å². The van der Waals surface area contributed by atoms with Gasteiger partial charge in [-0.3, -0.25) is 0 Å². The average Bonchev–Trinajstić information content (AvgIpc) is 2.89. The highest BCUT2D eigenvalue weighted by Crippen LogP contribution is 2.20. The first-order valence-electron chi connectivity index (χ1n) is 7.08. The Kier molecular flexibility index (Phi) is 4.55. The molecule has 0 aliphatic carbocycles. The van der Waals surface area contributed by atoms with E-state index in [0.29, 0.717) is 24.6 Å². The predicted octanol–water partition coefficient (Wildman–Crippen LogP) is 3.15. The van der Waals surface area contributed by atoms with E-state index >= 15 is 0 Å². The van der Waals surface area contributed by atoms with Crippen molar-refractivity contribution in [2.75, 3.05) is 0 Å². The summed E-state index contributed by atoms with van der Waals surface area (Å²) in [6, 6.07) is 6.34. The van der Waals surface area contributed by atoms with Crippen LogP contribution in [0.3, 0.4) is 0 Å². The van der Waals surface area contributed by atoms with Crippen molar-refractivity contribution in [1.82, 2.24) is 10.1 Å². The molecule has 0 aliphatic rings. The number of aliphatic hydroxyl groups excluding tert-OH is 1. The molecule has 0 saturated carbocycles. The van der Waals surface area contributed by atoms with Crippen LogP contribution in [0.1, 0.15) is 54.6 Å². The SMILES string of the molecule is CCC(O)C(C)c1nc(Cc2ccc(C)c(C)c2)no1. The van der Waals surface area contributed by atoms with Crippen LogP contribution in [0.5, 0.6) is 0 Å². The first kappa shape index (κ1) is 14.7. The summed E-state index contributed by atoms with van der Waals surface area (Å²) in [5.41, 5.74) is 3.72. The maximum atomic E-state index is 9.82. The lowest BCUT2D eigenvalue weighted by Gasteiger charge is -2.11. The van der Waals surface area contributed by atoms with Gasteiger partial charge in [0, 0.05) is 6.42 Å². The van der Waals surface area contributed by atoms with Crippen molar-refractivity contribution in [2.45, 2.75) is 52.6 Å². The highest BCUT2D eigenvalue weighted by Gasteiger charge is 2.20. The predicted molar refractivity (Wildman–Crippen MR) is 77.7 cm³/mol. The Balaban J connectivity index is 2.11. The number of rotatable bonds is 5. The molecule has 2 rings (SSSR count). The number of aromatic nitrogens is 2. The molecule has 0 aliphatic heterocycles. The van der Waals surface area contributed by atoms with E-state index in [4.69, 9.17) is 4.52 Å². The summed E-state index contributed by atoms with van der Waals surface area (Å²) in [5, 5.41) is 13.8. The van der Waals surface area contributed by atoms with Crippen LogP contribution in [0.4, 0.5) is 0 Å². The van der Waals surface area contributed by atoms with Gasteiger partial charge in [-0.15, -0.1) is 0 Å². The van der Waals surface area contributed by atoms with Gasteiger partial charge < -0.3 is 9.63 Å². The third-order valence-electron chi connectivity index (χ3n) is 3.80. The largest absolute Gasteiger partial charge is 0.392 e. The minimum atomic E-state index is -0.440. The van der Waals surface area contributed by atoms with Crippen LogP contribution in [0.25, 0.3) is 0 Å². The molecule has 1 N–H and O–H groups in total. The van der Waals surface area contributed by atoms with Gasteiger partial charge in [-0.1, -0.05) is 37.2 Å². The van der Waals surface area contributed by atoms with Crippen molar-refractivity contribution < 1.29 is 9.63 Å². The van der Waals surface area contributed by atoms with Crippen molar-refractivity contribution in [3.8, 4) is 0 Å². The first-order chi connectivity index (χ1) is 9.51.